The summed E-state index contributed by atoms with van der Waals surface area (Å²) in [5, 5.41) is 13.6. The molecule has 0 saturated heterocycles. The fraction of sp³-hybridized carbons (Fsp3) is 0.364. The Morgan fingerprint density at radius 1 is 1.24 bits per heavy atom. The molecule has 2 aromatic rings. The second-order valence-corrected chi connectivity index (χ2v) is 8.08. The molecule has 3 rings (SSSR count). The van der Waals surface area contributed by atoms with Crippen molar-refractivity contribution in [1.82, 2.24) is 0 Å². The number of ether oxygens (including phenoxy) is 2. The van der Waals surface area contributed by atoms with Crippen molar-refractivity contribution in [3.8, 4) is 5.75 Å². The smallest absolute Gasteiger partial charge is 0.338 e. The van der Waals surface area contributed by atoms with E-state index in [1.54, 1.807) is 18.2 Å². The van der Waals surface area contributed by atoms with Gasteiger partial charge in [0.05, 0.1) is 12.7 Å². The van der Waals surface area contributed by atoms with E-state index in [1.807, 2.05) is 13.8 Å². The number of anilines is 1. The minimum absolute atomic E-state index is 0.0260. The second-order valence-electron chi connectivity index (χ2n) is 8.08. The zero-order valence-electron chi connectivity index (χ0n) is 16.8. The molecule has 2 aromatic carbocycles. The molecule has 6 nitrogen and oxygen atoms in total. The molecule has 0 spiro atoms. The number of rotatable bonds is 6. The largest absolute Gasteiger partial charge is 0.496 e. The molecule has 29 heavy (non-hydrogen) atoms. The Hall–Kier alpha value is -2.93. The fourth-order valence-corrected chi connectivity index (χ4v) is 3.72. The van der Waals surface area contributed by atoms with Crippen LogP contribution in [-0.4, -0.2) is 29.7 Å². The molecule has 0 aromatic heterocycles. The van der Waals surface area contributed by atoms with Crippen molar-refractivity contribution >= 4 is 17.6 Å². The number of hydrogen-bond donors (Lipinski definition) is 2. The van der Waals surface area contributed by atoms with Crippen LogP contribution < -0.4 is 10.1 Å². The molecule has 154 valence electrons. The third kappa shape index (κ3) is 4.24. The summed E-state index contributed by atoms with van der Waals surface area (Å²) in [4.78, 5) is 24.3. The van der Waals surface area contributed by atoms with Crippen molar-refractivity contribution in [2.24, 2.45) is 0 Å². The van der Waals surface area contributed by atoms with Crippen LogP contribution in [0.3, 0.4) is 0 Å². The molecule has 1 heterocycles. The topological polar surface area (TPSA) is 84.9 Å². The molecule has 0 bridgehead atoms. The van der Waals surface area contributed by atoms with Crippen LogP contribution in [0, 0.1) is 5.82 Å². The number of esters is 1. The van der Waals surface area contributed by atoms with Crippen molar-refractivity contribution in [2.75, 3.05) is 12.4 Å². The Kier molecular flexibility index (Phi) is 5.36. The van der Waals surface area contributed by atoms with Crippen LogP contribution >= 0.6 is 0 Å². The molecule has 0 aliphatic carbocycles. The molecular weight excluding hydrogens is 377 g/mol. The molecular formula is C22H24FNO5. The van der Waals surface area contributed by atoms with Crippen LogP contribution in [0.1, 0.15) is 48.7 Å². The van der Waals surface area contributed by atoms with Gasteiger partial charge in [-0.25, -0.2) is 9.18 Å². The SMILES string of the molecule is COc1ccc(F)cc1C(C)(C)CC(C)(O)C(=O)Nc1ccc2c(c1)COC2=O. The predicted molar refractivity (Wildman–Crippen MR) is 105 cm³/mol. The Morgan fingerprint density at radius 2 is 1.97 bits per heavy atom. The van der Waals surface area contributed by atoms with Crippen LogP contribution in [-0.2, 0) is 21.6 Å². The number of cyclic esters (lactones) is 1. The van der Waals surface area contributed by atoms with E-state index in [0.717, 1.165) is 0 Å². The van der Waals surface area contributed by atoms with Gasteiger partial charge in [-0.1, -0.05) is 13.8 Å². The Morgan fingerprint density at radius 3 is 2.66 bits per heavy atom. The Labute approximate surface area is 168 Å². The van der Waals surface area contributed by atoms with Gasteiger partial charge in [0.2, 0.25) is 0 Å². The average Bonchev–Trinajstić information content (AvgIpc) is 3.01. The summed E-state index contributed by atoms with van der Waals surface area (Å²) in [6, 6.07) is 8.98. The van der Waals surface area contributed by atoms with Crippen LogP contribution in [0.5, 0.6) is 5.75 Å². The average molecular weight is 401 g/mol. The summed E-state index contributed by atoms with van der Waals surface area (Å²) in [6.45, 7) is 5.19. The second kappa shape index (κ2) is 7.48. The Balaban J connectivity index is 1.79. The van der Waals surface area contributed by atoms with Crippen molar-refractivity contribution in [1.29, 1.82) is 0 Å². The predicted octanol–water partition coefficient (Wildman–Crippen LogP) is 3.56. The normalized spacial score (nSPS) is 15.3. The number of carbonyl (C=O) groups excluding carboxylic acids is 2. The standard InChI is InChI=1S/C22H24FNO5/c1-21(2,17-10-14(23)5-8-18(17)28-4)12-22(3,27)20(26)24-15-6-7-16-13(9-15)11-29-19(16)25/h5-10,27H,11-12H2,1-4H3,(H,24,26). The zero-order chi connectivity index (χ0) is 21.4. The molecule has 0 saturated carbocycles. The van der Waals surface area contributed by atoms with E-state index in [2.05, 4.69) is 5.32 Å². The number of carbonyl (C=O) groups is 2. The quantitative estimate of drug-likeness (QED) is 0.723. The maximum absolute atomic E-state index is 13.8. The van der Waals surface area contributed by atoms with E-state index < -0.39 is 28.7 Å². The van der Waals surface area contributed by atoms with Gasteiger partial charge in [0.1, 0.15) is 23.8 Å². The van der Waals surface area contributed by atoms with Crippen molar-refractivity contribution < 1.29 is 28.6 Å². The first kappa shape index (κ1) is 20.8. The van der Waals surface area contributed by atoms with Crippen LogP contribution in [0.15, 0.2) is 36.4 Å². The van der Waals surface area contributed by atoms with Crippen molar-refractivity contribution in [2.45, 2.75) is 44.8 Å². The number of aliphatic hydroxyl groups is 1. The van der Waals surface area contributed by atoms with Gasteiger partial charge in [-0.3, -0.25) is 4.79 Å². The van der Waals surface area contributed by atoms with Crippen molar-refractivity contribution in [3.63, 3.8) is 0 Å². The number of fused-ring (bicyclic) bond motifs is 1. The summed E-state index contributed by atoms with van der Waals surface area (Å²) >= 11 is 0. The van der Waals surface area contributed by atoms with Crippen LogP contribution in [0.4, 0.5) is 10.1 Å². The first-order valence-electron chi connectivity index (χ1n) is 9.21. The summed E-state index contributed by atoms with van der Waals surface area (Å²) < 4.78 is 24.1. The van der Waals surface area contributed by atoms with Gasteiger partial charge in [0.25, 0.3) is 5.91 Å². The lowest BCUT2D eigenvalue weighted by atomic mass is 9.75. The summed E-state index contributed by atoms with van der Waals surface area (Å²) in [5.74, 6) is -0.939. The summed E-state index contributed by atoms with van der Waals surface area (Å²) in [5.41, 5.74) is -0.348. The van der Waals surface area contributed by atoms with Crippen LogP contribution in [0.2, 0.25) is 0 Å². The molecule has 1 aliphatic rings. The lowest BCUT2D eigenvalue weighted by Gasteiger charge is -2.34. The number of hydrogen-bond acceptors (Lipinski definition) is 5. The van der Waals surface area contributed by atoms with Crippen LogP contribution in [0.25, 0.3) is 0 Å². The molecule has 1 aliphatic heterocycles. The highest BCUT2D eigenvalue weighted by molar-refractivity contribution is 5.98. The summed E-state index contributed by atoms with van der Waals surface area (Å²) in [6.07, 6.45) is 0.0260. The molecule has 2 N–H and O–H groups in total. The number of nitrogens with one attached hydrogen (secondary N) is 1. The molecule has 1 amide bonds. The maximum atomic E-state index is 13.8. The molecule has 0 fully saturated rings. The number of halogens is 1. The van der Waals surface area contributed by atoms with E-state index >= 15 is 0 Å². The van der Waals surface area contributed by atoms with Gasteiger partial charge >= 0.3 is 5.97 Å². The maximum Gasteiger partial charge on any atom is 0.338 e. The molecule has 0 radical (unpaired) electrons. The first-order valence-corrected chi connectivity index (χ1v) is 9.21. The molecule has 7 heteroatoms. The van der Waals surface area contributed by atoms with Gasteiger partial charge in [0.15, 0.2) is 0 Å². The molecule has 1 atom stereocenters. The van der Waals surface area contributed by atoms with E-state index in [-0.39, 0.29) is 13.0 Å². The first-order chi connectivity index (χ1) is 13.5. The number of benzene rings is 2. The lowest BCUT2D eigenvalue weighted by molar-refractivity contribution is -0.134. The summed E-state index contributed by atoms with van der Waals surface area (Å²) in [7, 11) is 1.49. The fourth-order valence-electron chi connectivity index (χ4n) is 3.72. The van der Waals surface area contributed by atoms with Crippen molar-refractivity contribution in [3.05, 3.63) is 58.9 Å². The third-order valence-electron chi connectivity index (χ3n) is 5.11. The van der Waals surface area contributed by atoms with Gasteiger partial charge in [0, 0.05) is 16.8 Å². The minimum Gasteiger partial charge on any atom is -0.496 e. The zero-order valence-corrected chi connectivity index (χ0v) is 16.8. The van der Waals surface area contributed by atoms with E-state index in [1.165, 1.54) is 32.2 Å². The van der Waals surface area contributed by atoms with E-state index in [0.29, 0.717) is 28.1 Å². The number of methoxy groups -OCH3 is 1. The van der Waals surface area contributed by atoms with E-state index in [4.69, 9.17) is 9.47 Å². The van der Waals surface area contributed by atoms with Gasteiger partial charge in [-0.2, -0.15) is 0 Å². The highest BCUT2D eigenvalue weighted by Crippen LogP contribution is 2.38. The van der Waals surface area contributed by atoms with E-state index in [9.17, 15) is 19.1 Å². The highest BCUT2D eigenvalue weighted by atomic mass is 19.1. The molecule has 1 unspecified atom stereocenters. The Bertz CT molecular complexity index is 968. The van der Waals surface area contributed by atoms with Gasteiger partial charge in [-0.15, -0.1) is 0 Å². The number of amides is 1. The monoisotopic (exact) mass is 401 g/mol. The van der Waals surface area contributed by atoms with Gasteiger partial charge in [-0.05, 0) is 55.2 Å². The lowest BCUT2D eigenvalue weighted by Crippen LogP contribution is -2.44. The van der Waals surface area contributed by atoms with Gasteiger partial charge < -0.3 is 19.9 Å². The third-order valence-corrected chi connectivity index (χ3v) is 5.11. The minimum atomic E-state index is -1.74. The highest BCUT2D eigenvalue weighted by Gasteiger charge is 2.39.